The van der Waals surface area contributed by atoms with E-state index in [-0.39, 0.29) is 0 Å². The third-order valence-corrected chi connectivity index (χ3v) is 2.02. The van der Waals surface area contributed by atoms with Gasteiger partial charge in [-0.3, -0.25) is 4.68 Å². The smallest absolute Gasteiger partial charge is 0.121 e. The van der Waals surface area contributed by atoms with E-state index in [0.717, 1.165) is 11.3 Å². The summed E-state index contributed by atoms with van der Waals surface area (Å²) in [5.74, 6) is 0.777. The van der Waals surface area contributed by atoms with Crippen LogP contribution in [0.25, 0.3) is 0 Å². The lowest BCUT2D eigenvalue weighted by atomic mass is 10.3. The molecule has 1 aromatic heterocycles. The van der Waals surface area contributed by atoms with Crippen molar-refractivity contribution in [1.82, 2.24) is 9.78 Å². The van der Waals surface area contributed by atoms with Gasteiger partial charge in [0, 0.05) is 30.6 Å². The molecule has 0 bridgehead atoms. The number of aromatic nitrogens is 2. The maximum absolute atomic E-state index is 5.64. The zero-order valence-corrected chi connectivity index (χ0v) is 8.55. The molecule has 0 radical (unpaired) electrons. The number of benzene rings is 1. The lowest BCUT2D eigenvalue weighted by Gasteiger charge is -2.04. The van der Waals surface area contributed by atoms with Gasteiger partial charge in [-0.25, -0.2) is 0 Å². The molecule has 0 saturated carbocycles. The Hall–Kier alpha value is -1.97. The largest absolute Gasteiger partial charge is 0.489 e. The fraction of sp³-hybridized carbons (Fsp3) is 0.182. The molecule has 2 N–H and O–H groups in total. The normalized spacial score (nSPS) is 10.2. The molecule has 0 aliphatic rings. The minimum Gasteiger partial charge on any atom is -0.489 e. The average Bonchev–Trinajstić information content (AvgIpc) is 2.62. The minimum absolute atomic E-state index is 0.511. The number of aryl methyl sites for hydroxylation is 1. The van der Waals surface area contributed by atoms with Crippen molar-refractivity contribution in [2.75, 3.05) is 5.73 Å². The summed E-state index contributed by atoms with van der Waals surface area (Å²) in [4.78, 5) is 0. The van der Waals surface area contributed by atoms with E-state index >= 15 is 0 Å². The highest BCUT2D eigenvalue weighted by Crippen LogP contribution is 2.15. The highest BCUT2D eigenvalue weighted by molar-refractivity contribution is 5.43. The molecule has 0 aliphatic carbocycles. The first-order chi connectivity index (χ1) is 7.24. The van der Waals surface area contributed by atoms with E-state index in [1.54, 1.807) is 16.9 Å². The van der Waals surface area contributed by atoms with E-state index in [1.807, 2.05) is 31.4 Å². The maximum Gasteiger partial charge on any atom is 0.121 e. The molecule has 4 nitrogen and oxygen atoms in total. The van der Waals surface area contributed by atoms with Gasteiger partial charge in [0.1, 0.15) is 12.4 Å². The van der Waals surface area contributed by atoms with E-state index < -0.39 is 0 Å². The van der Waals surface area contributed by atoms with Gasteiger partial charge in [-0.1, -0.05) is 6.07 Å². The molecule has 0 atom stereocenters. The Balaban J connectivity index is 1.99. The molecule has 2 rings (SSSR count). The van der Waals surface area contributed by atoms with Crippen molar-refractivity contribution in [1.29, 1.82) is 0 Å². The number of nitrogen functional groups attached to an aromatic ring is 1. The van der Waals surface area contributed by atoms with Crippen LogP contribution in [0.4, 0.5) is 5.69 Å². The van der Waals surface area contributed by atoms with Crippen molar-refractivity contribution in [2.45, 2.75) is 6.61 Å². The fourth-order valence-corrected chi connectivity index (χ4v) is 1.32. The van der Waals surface area contributed by atoms with Crippen molar-refractivity contribution in [3.63, 3.8) is 0 Å². The molecular weight excluding hydrogens is 190 g/mol. The second kappa shape index (κ2) is 4.04. The van der Waals surface area contributed by atoms with E-state index in [4.69, 9.17) is 10.5 Å². The second-order valence-corrected chi connectivity index (χ2v) is 3.38. The standard InChI is InChI=1S/C11H13N3O/c1-14-7-9(6-13-14)8-15-11-4-2-3-10(12)5-11/h2-7H,8,12H2,1H3. The molecule has 0 unspecified atom stereocenters. The van der Waals surface area contributed by atoms with E-state index in [1.165, 1.54) is 0 Å². The van der Waals surface area contributed by atoms with Crippen molar-refractivity contribution in [3.05, 3.63) is 42.2 Å². The molecule has 1 heterocycles. The van der Waals surface area contributed by atoms with E-state index in [9.17, 15) is 0 Å². The van der Waals surface area contributed by atoms with Crippen LogP contribution in [-0.2, 0) is 13.7 Å². The molecule has 0 saturated heterocycles. The van der Waals surface area contributed by atoms with E-state index in [2.05, 4.69) is 5.10 Å². The maximum atomic E-state index is 5.64. The first-order valence-electron chi connectivity index (χ1n) is 4.70. The Kier molecular flexibility index (Phi) is 2.58. The zero-order valence-electron chi connectivity index (χ0n) is 8.55. The first kappa shape index (κ1) is 9.58. The van der Waals surface area contributed by atoms with Gasteiger partial charge in [0.05, 0.1) is 6.20 Å². The molecule has 0 aliphatic heterocycles. The summed E-state index contributed by atoms with van der Waals surface area (Å²) >= 11 is 0. The summed E-state index contributed by atoms with van der Waals surface area (Å²) in [6.45, 7) is 0.511. The topological polar surface area (TPSA) is 53.1 Å². The molecular formula is C11H13N3O. The summed E-state index contributed by atoms with van der Waals surface area (Å²) in [5, 5.41) is 4.06. The van der Waals surface area contributed by atoms with Crippen LogP contribution in [0.3, 0.4) is 0 Å². The number of hydrogen-bond donors (Lipinski definition) is 1. The monoisotopic (exact) mass is 203 g/mol. The van der Waals surface area contributed by atoms with Crippen molar-refractivity contribution in [2.24, 2.45) is 7.05 Å². The van der Waals surface area contributed by atoms with Gasteiger partial charge in [0.2, 0.25) is 0 Å². The first-order valence-corrected chi connectivity index (χ1v) is 4.70. The van der Waals surface area contributed by atoms with Crippen molar-refractivity contribution >= 4 is 5.69 Å². The lowest BCUT2D eigenvalue weighted by Crippen LogP contribution is -1.95. The highest BCUT2D eigenvalue weighted by atomic mass is 16.5. The Morgan fingerprint density at radius 3 is 3.00 bits per heavy atom. The second-order valence-electron chi connectivity index (χ2n) is 3.38. The van der Waals surface area contributed by atoms with Crippen LogP contribution in [0.15, 0.2) is 36.7 Å². The summed E-state index contributed by atoms with van der Waals surface area (Å²) in [5.41, 5.74) is 7.38. The molecule has 15 heavy (non-hydrogen) atoms. The zero-order chi connectivity index (χ0) is 10.7. The Labute approximate surface area is 88.3 Å². The Morgan fingerprint density at radius 2 is 2.33 bits per heavy atom. The predicted molar refractivity (Wildman–Crippen MR) is 58.4 cm³/mol. The summed E-state index contributed by atoms with van der Waals surface area (Å²) in [7, 11) is 1.88. The highest BCUT2D eigenvalue weighted by Gasteiger charge is 1.98. The number of ether oxygens (including phenoxy) is 1. The molecule has 0 fully saturated rings. The van der Waals surface area contributed by atoms with Gasteiger partial charge in [0.15, 0.2) is 0 Å². The molecule has 4 heteroatoms. The summed E-state index contributed by atoms with van der Waals surface area (Å²) in [6.07, 6.45) is 3.71. The Morgan fingerprint density at radius 1 is 1.47 bits per heavy atom. The van der Waals surface area contributed by atoms with Crippen LogP contribution in [0.2, 0.25) is 0 Å². The third kappa shape index (κ3) is 2.49. The predicted octanol–water partition coefficient (Wildman–Crippen LogP) is 1.58. The van der Waals surface area contributed by atoms with Crippen LogP contribution < -0.4 is 10.5 Å². The minimum atomic E-state index is 0.511. The number of hydrogen-bond acceptors (Lipinski definition) is 3. The lowest BCUT2D eigenvalue weighted by molar-refractivity contribution is 0.306. The van der Waals surface area contributed by atoms with Gasteiger partial charge in [-0.05, 0) is 12.1 Å². The number of nitrogens with zero attached hydrogens (tertiary/aromatic N) is 2. The summed E-state index contributed by atoms with van der Waals surface area (Å²) < 4.78 is 7.30. The number of nitrogens with two attached hydrogens (primary N) is 1. The van der Waals surface area contributed by atoms with Crippen LogP contribution in [0, 0.1) is 0 Å². The van der Waals surface area contributed by atoms with Gasteiger partial charge < -0.3 is 10.5 Å². The molecule has 1 aromatic carbocycles. The molecule has 0 spiro atoms. The van der Waals surface area contributed by atoms with Gasteiger partial charge in [-0.15, -0.1) is 0 Å². The molecule has 78 valence electrons. The van der Waals surface area contributed by atoms with Crippen LogP contribution >= 0.6 is 0 Å². The van der Waals surface area contributed by atoms with Crippen LogP contribution in [0.1, 0.15) is 5.56 Å². The SMILES string of the molecule is Cn1cc(COc2cccc(N)c2)cn1. The average molecular weight is 203 g/mol. The van der Waals surface area contributed by atoms with Crippen LogP contribution in [0.5, 0.6) is 5.75 Å². The van der Waals surface area contributed by atoms with Crippen molar-refractivity contribution < 1.29 is 4.74 Å². The quantitative estimate of drug-likeness (QED) is 0.770. The van der Waals surface area contributed by atoms with E-state index in [0.29, 0.717) is 12.3 Å². The third-order valence-electron chi connectivity index (χ3n) is 2.02. The van der Waals surface area contributed by atoms with Gasteiger partial charge >= 0.3 is 0 Å². The van der Waals surface area contributed by atoms with Gasteiger partial charge in [-0.2, -0.15) is 5.10 Å². The number of rotatable bonds is 3. The summed E-state index contributed by atoms with van der Waals surface area (Å²) in [6, 6.07) is 7.38. The molecule has 2 aromatic rings. The van der Waals surface area contributed by atoms with Crippen molar-refractivity contribution in [3.8, 4) is 5.75 Å². The van der Waals surface area contributed by atoms with Crippen LogP contribution in [-0.4, -0.2) is 9.78 Å². The fourth-order valence-electron chi connectivity index (χ4n) is 1.32. The van der Waals surface area contributed by atoms with Gasteiger partial charge in [0.25, 0.3) is 0 Å². The Bertz CT molecular complexity index is 451. The molecule has 0 amide bonds. The number of anilines is 1.